The van der Waals surface area contributed by atoms with Crippen molar-refractivity contribution >= 4 is 14.1 Å². The van der Waals surface area contributed by atoms with Gasteiger partial charge in [0.2, 0.25) is 0 Å². The van der Waals surface area contributed by atoms with Gasteiger partial charge in [-0.1, -0.05) is 12.8 Å². The van der Waals surface area contributed by atoms with E-state index in [0.717, 1.165) is 11.1 Å². The van der Waals surface area contributed by atoms with E-state index in [-0.39, 0.29) is 25.8 Å². The van der Waals surface area contributed by atoms with E-state index in [4.69, 9.17) is 9.47 Å². The van der Waals surface area contributed by atoms with Crippen molar-refractivity contribution in [2.24, 2.45) is 0 Å². The Bertz CT molecular complexity index is 488. The minimum atomic E-state index is 0. The maximum atomic E-state index is 12.7. The molecule has 1 fully saturated rings. The standard InChI is InChI=1S/C16H23O3P.Li.H/c1-10-9-11(2)15(19-4)13(14(10)18-3)16(17)20-12-7-5-6-8-12;;/h9,12,20H,5-8H2,1-4H3;;/q;+1;-1. The largest absolute Gasteiger partial charge is 1.00 e. The van der Waals surface area contributed by atoms with E-state index in [1.54, 1.807) is 14.2 Å². The van der Waals surface area contributed by atoms with Gasteiger partial charge in [0.25, 0.3) is 0 Å². The van der Waals surface area contributed by atoms with Crippen LogP contribution in [-0.4, -0.2) is 25.4 Å². The van der Waals surface area contributed by atoms with Gasteiger partial charge in [0.15, 0.2) is 5.52 Å². The predicted octanol–water partition coefficient (Wildman–Crippen LogP) is 1.20. The molecule has 0 heterocycles. The van der Waals surface area contributed by atoms with E-state index in [0.29, 0.717) is 31.3 Å². The Kier molecular flexibility index (Phi) is 7.28. The Balaban J connectivity index is 0.00000220. The number of ether oxygens (including phenoxy) is 2. The van der Waals surface area contributed by atoms with E-state index in [1.165, 1.54) is 25.7 Å². The van der Waals surface area contributed by atoms with Crippen molar-refractivity contribution in [3.63, 3.8) is 0 Å². The Hall–Kier alpha value is -0.483. The van der Waals surface area contributed by atoms with Gasteiger partial charge in [-0.05, 0) is 58.1 Å². The minimum absolute atomic E-state index is 0. The maximum absolute atomic E-state index is 12.7. The van der Waals surface area contributed by atoms with Crippen LogP contribution in [0.1, 0.15) is 48.6 Å². The second-order valence-electron chi connectivity index (χ2n) is 5.41. The molecule has 0 saturated heterocycles. The summed E-state index contributed by atoms with van der Waals surface area (Å²) in [6, 6.07) is 2.01. The van der Waals surface area contributed by atoms with E-state index in [2.05, 4.69) is 0 Å². The smallest absolute Gasteiger partial charge is 1.00 e. The average molecular weight is 302 g/mol. The van der Waals surface area contributed by atoms with Gasteiger partial charge in [0.1, 0.15) is 17.1 Å². The number of benzene rings is 1. The van der Waals surface area contributed by atoms with Crippen LogP contribution in [0.4, 0.5) is 0 Å². The number of methoxy groups -OCH3 is 2. The molecule has 0 bridgehead atoms. The van der Waals surface area contributed by atoms with Crippen molar-refractivity contribution in [2.45, 2.75) is 45.2 Å². The van der Waals surface area contributed by atoms with Crippen LogP contribution < -0.4 is 28.3 Å². The van der Waals surface area contributed by atoms with Crippen molar-refractivity contribution < 1.29 is 34.6 Å². The van der Waals surface area contributed by atoms with Gasteiger partial charge in [0.05, 0.1) is 14.2 Å². The Morgan fingerprint density at radius 1 is 1.14 bits per heavy atom. The normalized spacial score (nSPS) is 15.2. The van der Waals surface area contributed by atoms with Gasteiger partial charge in [-0.15, -0.1) is 0 Å². The van der Waals surface area contributed by atoms with Gasteiger partial charge in [-0.2, -0.15) is 0 Å². The molecule has 112 valence electrons. The molecule has 2 rings (SSSR count). The molecule has 1 aliphatic rings. The number of carbonyl (C=O) groups excluding carboxylic acids is 1. The molecule has 3 nitrogen and oxygen atoms in total. The number of hydrogen-bond donors (Lipinski definition) is 0. The van der Waals surface area contributed by atoms with Crippen LogP contribution in [0, 0.1) is 13.8 Å². The summed E-state index contributed by atoms with van der Waals surface area (Å²) in [4.78, 5) is 12.7. The first-order valence-electron chi connectivity index (χ1n) is 7.11. The molecule has 1 atom stereocenters. The first-order chi connectivity index (χ1) is 9.58. The summed E-state index contributed by atoms with van der Waals surface area (Å²) in [5.41, 5.74) is 3.35. The molecule has 0 spiro atoms. The first kappa shape index (κ1) is 18.6. The molecular weight excluding hydrogens is 278 g/mol. The van der Waals surface area contributed by atoms with Crippen LogP contribution in [0.25, 0.3) is 0 Å². The second kappa shape index (κ2) is 8.23. The molecule has 1 unspecified atom stereocenters. The number of carbonyl (C=O) groups is 1. The van der Waals surface area contributed by atoms with Crippen LogP contribution in [0.2, 0.25) is 0 Å². The molecule has 1 aliphatic carbocycles. The maximum Gasteiger partial charge on any atom is 1.00 e. The fourth-order valence-corrected chi connectivity index (χ4v) is 4.45. The summed E-state index contributed by atoms with van der Waals surface area (Å²) >= 11 is 0. The summed E-state index contributed by atoms with van der Waals surface area (Å²) in [5, 5.41) is 0. The number of hydrogen-bond acceptors (Lipinski definition) is 3. The fraction of sp³-hybridized carbons (Fsp3) is 0.562. The molecule has 21 heavy (non-hydrogen) atoms. The zero-order valence-corrected chi connectivity index (χ0v) is 14.7. The molecule has 1 saturated carbocycles. The van der Waals surface area contributed by atoms with Gasteiger partial charge < -0.3 is 10.9 Å². The van der Waals surface area contributed by atoms with Crippen molar-refractivity contribution in [1.29, 1.82) is 0 Å². The third-order valence-corrected chi connectivity index (χ3v) is 5.43. The fourth-order valence-electron chi connectivity index (χ4n) is 3.01. The molecular formula is C16H24LiO3P. The van der Waals surface area contributed by atoms with E-state index in [9.17, 15) is 4.79 Å². The van der Waals surface area contributed by atoms with E-state index >= 15 is 0 Å². The van der Waals surface area contributed by atoms with Gasteiger partial charge in [-0.3, -0.25) is 4.79 Å². The van der Waals surface area contributed by atoms with Crippen LogP contribution in [-0.2, 0) is 0 Å². The summed E-state index contributed by atoms with van der Waals surface area (Å²) in [6.45, 7) is 3.95. The number of aryl methyl sites for hydroxylation is 2. The predicted molar refractivity (Wildman–Crippen MR) is 85.0 cm³/mol. The quantitative estimate of drug-likeness (QED) is 0.606. The van der Waals surface area contributed by atoms with Crippen LogP contribution in [0.15, 0.2) is 6.07 Å². The summed E-state index contributed by atoms with van der Waals surface area (Å²) < 4.78 is 10.9. The number of rotatable bonds is 5. The van der Waals surface area contributed by atoms with E-state index in [1.807, 2.05) is 19.9 Å². The molecule has 0 radical (unpaired) electrons. The average Bonchev–Trinajstić information content (AvgIpc) is 2.90. The molecule has 0 aromatic heterocycles. The van der Waals surface area contributed by atoms with Crippen molar-refractivity contribution in [3.05, 3.63) is 22.8 Å². The molecule has 1 aromatic carbocycles. The Labute approximate surface area is 142 Å². The zero-order chi connectivity index (χ0) is 14.7. The molecule has 0 amide bonds. The summed E-state index contributed by atoms with van der Waals surface area (Å²) in [6.07, 6.45) is 4.87. The summed E-state index contributed by atoms with van der Waals surface area (Å²) in [7, 11) is 3.56. The molecule has 1 aromatic rings. The van der Waals surface area contributed by atoms with E-state index < -0.39 is 0 Å². The van der Waals surface area contributed by atoms with Crippen LogP contribution >= 0.6 is 8.58 Å². The third-order valence-electron chi connectivity index (χ3n) is 3.93. The van der Waals surface area contributed by atoms with Crippen LogP contribution in [0.3, 0.4) is 0 Å². The zero-order valence-electron chi connectivity index (χ0n) is 14.7. The van der Waals surface area contributed by atoms with Crippen LogP contribution in [0.5, 0.6) is 11.5 Å². The monoisotopic (exact) mass is 302 g/mol. The van der Waals surface area contributed by atoms with Gasteiger partial charge in [-0.25, -0.2) is 0 Å². The van der Waals surface area contributed by atoms with Crippen molar-refractivity contribution in [2.75, 3.05) is 14.2 Å². The molecule has 5 heteroatoms. The van der Waals surface area contributed by atoms with Gasteiger partial charge >= 0.3 is 18.9 Å². The second-order valence-corrected chi connectivity index (χ2v) is 6.97. The SMILES string of the molecule is COc1c(C)cc(C)c(OC)c1C(=O)PC1CCCC1.[H-].[Li+]. The summed E-state index contributed by atoms with van der Waals surface area (Å²) in [5.74, 6) is 1.34. The van der Waals surface area contributed by atoms with Crippen molar-refractivity contribution in [3.8, 4) is 11.5 Å². The minimum Gasteiger partial charge on any atom is -1.00 e. The van der Waals surface area contributed by atoms with Crippen molar-refractivity contribution in [1.82, 2.24) is 0 Å². The Morgan fingerprint density at radius 3 is 2.05 bits per heavy atom. The molecule has 0 aliphatic heterocycles. The Morgan fingerprint density at radius 2 is 1.62 bits per heavy atom. The van der Waals surface area contributed by atoms with Gasteiger partial charge in [0, 0.05) is 0 Å². The topological polar surface area (TPSA) is 35.5 Å². The third kappa shape index (κ3) is 4.04. The molecule has 0 N–H and O–H groups in total. The first-order valence-corrected chi connectivity index (χ1v) is 8.19.